The number of benzene rings is 3. The molecule has 1 heterocycles. The summed E-state index contributed by atoms with van der Waals surface area (Å²) in [7, 11) is 1.66. The standard InChI is InChI=1S/C25H23NO4/c1-16-3-7-19(14-21(16)17-4-8-20(28-2)9-5-17)26-24(27)25(11-12-25)18-6-10-22-23(13-18)30-15-29-22/h3-10,13-14H,11-12,15H2,1-2H3,(H,26,27). The second kappa shape index (κ2) is 7.10. The van der Waals surface area contributed by atoms with Crippen LogP contribution in [0.15, 0.2) is 60.7 Å². The van der Waals surface area contributed by atoms with Crippen LogP contribution in [0.5, 0.6) is 17.2 Å². The number of aryl methyl sites for hydroxylation is 1. The molecule has 0 atom stereocenters. The van der Waals surface area contributed by atoms with E-state index in [4.69, 9.17) is 14.2 Å². The molecule has 30 heavy (non-hydrogen) atoms. The lowest BCUT2D eigenvalue weighted by molar-refractivity contribution is -0.118. The van der Waals surface area contributed by atoms with E-state index in [0.717, 1.165) is 52.3 Å². The van der Waals surface area contributed by atoms with Crippen molar-refractivity contribution in [1.29, 1.82) is 0 Å². The van der Waals surface area contributed by atoms with Crippen molar-refractivity contribution in [3.05, 3.63) is 71.8 Å². The summed E-state index contributed by atoms with van der Waals surface area (Å²) in [6.45, 7) is 2.30. The van der Waals surface area contributed by atoms with Crippen molar-refractivity contribution in [1.82, 2.24) is 0 Å². The second-order valence-electron chi connectivity index (χ2n) is 7.86. The smallest absolute Gasteiger partial charge is 0.235 e. The first-order chi connectivity index (χ1) is 14.6. The van der Waals surface area contributed by atoms with Crippen LogP contribution >= 0.6 is 0 Å². The van der Waals surface area contributed by atoms with Crippen molar-refractivity contribution in [2.45, 2.75) is 25.2 Å². The number of ether oxygens (including phenoxy) is 3. The summed E-state index contributed by atoms with van der Waals surface area (Å²) in [6.07, 6.45) is 1.66. The number of methoxy groups -OCH3 is 1. The molecule has 5 nitrogen and oxygen atoms in total. The Balaban J connectivity index is 1.39. The molecule has 1 amide bonds. The molecular weight excluding hydrogens is 378 g/mol. The van der Waals surface area contributed by atoms with Crippen molar-refractivity contribution in [2.24, 2.45) is 0 Å². The van der Waals surface area contributed by atoms with Gasteiger partial charge in [-0.25, -0.2) is 0 Å². The third-order valence-corrected chi connectivity index (χ3v) is 6.01. The Kier molecular flexibility index (Phi) is 4.39. The average molecular weight is 401 g/mol. The maximum Gasteiger partial charge on any atom is 0.235 e. The van der Waals surface area contributed by atoms with E-state index in [1.165, 1.54) is 0 Å². The minimum Gasteiger partial charge on any atom is -0.497 e. The van der Waals surface area contributed by atoms with Gasteiger partial charge in [0.05, 0.1) is 12.5 Å². The van der Waals surface area contributed by atoms with Gasteiger partial charge >= 0.3 is 0 Å². The summed E-state index contributed by atoms with van der Waals surface area (Å²) in [5.74, 6) is 2.28. The number of hydrogen-bond donors (Lipinski definition) is 1. The molecule has 3 aromatic carbocycles. The summed E-state index contributed by atoms with van der Waals surface area (Å²) >= 11 is 0. The van der Waals surface area contributed by atoms with Gasteiger partial charge in [-0.05, 0) is 78.4 Å². The molecule has 152 valence electrons. The molecule has 0 bridgehead atoms. The molecule has 0 spiro atoms. The zero-order chi connectivity index (χ0) is 20.7. The van der Waals surface area contributed by atoms with Crippen LogP contribution < -0.4 is 19.5 Å². The summed E-state index contributed by atoms with van der Waals surface area (Å²) in [5.41, 5.74) is 4.60. The second-order valence-corrected chi connectivity index (χ2v) is 7.86. The SMILES string of the molecule is COc1ccc(-c2cc(NC(=O)C3(c4ccc5c(c4)OCO5)CC3)ccc2C)cc1. The minimum absolute atomic E-state index is 0.0194. The first kappa shape index (κ1) is 18.6. The van der Waals surface area contributed by atoms with Gasteiger partial charge in [0.1, 0.15) is 5.75 Å². The molecular formula is C25H23NO4. The van der Waals surface area contributed by atoms with Gasteiger partial charge in [-0.3, -0.25) is 4.79 Å². The number of nitrogens with one attached hydrogen (secondary N) is 1. The largest absolute Gasteiger partial charge is 0.497 e. The van der Waals surface area contributed by atoms with E-state index in [1.54, 1.807) is 7.11 Å². The fourth-order valence-electron chi connectivity index (χ4n) is 4.00. The van der Waals surface area contributed by atoms with Crippen LogP contribution in [-0.4, -0.2) is 19.8 Å². The van der Waals surface area contributed by atoms with Crippen LogP contribution in [0, 0.1) is 6.92 Å². The highest BCUT2D eigenvalue weighted by molar-refractivity contribution is 6.02. The highest BCUT2D eigenvalue weighted by Crippen LogP contribution is 2.51. The molecule has 0 radical (unpaired) electrons. The fraction of sp³-hybridized carbons (Fsp3) is 0.240. The minimum atomic E-state index is -0.494. The van der Waals surface area contributed by atoms with Crippen LogP contribution in [0.25, 0.3) is 11.1 Å². The van der Waals surface area contributed by atoms with Gasteiger partial charge in [0.25, 0.3) is 0 Å². The predicted octanol–water partition coefficient (Wildman–Crippen LogP) is 5.07. The Labute approximate surface area is 175 Å². The number of fused-ring (bicyclic) bond motifs is 1. The molecule has 0 aromatic heterocycles. The van der Waals surface area contributed by atoms with Gasteiger partial charge in [0.2, 0.25) is 12.7 Å². The number of rotatable bonds is 5. The van der Waals surface area contributed by atoms with Crippen molar-refractivity contribution in [2.75, 3.05) is 19.2 Å². The Morgan fingerprint density at radius 3 is 2.47 bits per heavy atom. The lowest BCUT2D eigenvalue weighted by Gasteiger charge is -2.17. The molecule has 1 aliphatic heterocycles. The van der Waals surface area contributed by atoms with Gasteiger partial charge < -0.3 is 19.5 Å². The zero-order valence-corrected chi connectivity index (χ0v) is 17.0. The summed E-state index contributed by atoms with van der Waals surface area (Å²) in [6, 6.07) is 19.8. The maximum atomic E-state index is 13.2. The van der Waals surface area contributed by atoms with Crippen molar-refractivity contribution in [3.8, 4) is 28.4 Å². The topological polar surface area (TPSA) is 56.8 Å². The van der Waals surface area contributed by atoms with E-state index >= 15 is 0 Å². The first-order valence-corrected chi connectivity index (χ1v) is 10.1. The van der Waals surface area contributed by atoms with E-state index < -0.39 is 5.41 Å². The van der Waals surface area contributed by atoms with Crippen molar-refractivity contribution < 1.29 is 19.0 Å². The van der Waals surface area contributed by atoms with Crippen molar-refractivity contribution >= 4 is 11.6 Å². The van der Waals surface area contributed by atoms with Crippen LogP contribution in [0.2, 0.25) is 0 Å². The van der Waals surface area contributed by atoms with E-state index in [9.17, 15) is 4.79 Å². The van der Waals surface area contributed by atoms with Gasteiger partial charge in [0, 0.05) is 5.69 Å². The van der Waals surface area contributed by atoms with E-state index in [-0.39, 0.29) is 12.7 Å². The Morgan fingerprint density at radius 2 is 1.73 bits per heavy atom. The van der Waals surface area contributed by atoms with Gasteiger partial charge in [-0.1, -0.05) is 24.3 Å². The van der Waals surface area contributed by atoms with E-state index in [1.807, 2.05) is 60.7 Å². The quantitative estimate of drug-likeness (QED) is 0.649. The summed E-state index contributed by atoms with van der Waals surface area (Å²) < 4.78 is 16.1. The molecule has 1 aliphatic carbocycles. The highest BCUT2D eigenvalue weighted by Gasteiger charge is 2.51. The Morgan fingerprint density at radius 1 is 0.967 bits per heavy atom. The van der Waals surface area contributed by atoms with Gasteiger partial charge in [-0.2, -0.15) is 0 Å². The number of anilines is 1. The third kappa shape index (κ3) is 3.16. The van der Waals surface area contributed by atoms with Crippen LogP contribution in [0.1, 0.15) is 24.0 Å². The first-order valence-electron chi connectivity index (χ1n) is 10.1. The highest BCUT2D eigenvalue weighted by atomic mass is 16.7. The molecule has 1 N–H and O–H groups in total. The normalized spacial score (nSPS) is 15.5. The lowest BCUT2D eigenvalue weighted by atomic mass is 9.94. The molecule has 3 aromatic rings. The summed E-state index contributed by atoms with van der Waals surface area (Å²) in [5, 5.41) is 3.14. The third-order valence-electron chi connectivity index (χ3n) is 6.01. The molecule has 0 unspecified atom stereocenters. The van der Waals surface area contributed by atoms with Crippen molar-refractivity contribution in [3.63, 3.8) is 0 Å². The fourth-order valence-corrected chi connectivity index (χ4v) is 4.00. The predicted molar refractivity (Wildman–Crippen MR) is 115 cm³/mol. The van der Waals surface area contributed by atoms with E-state index in [0.29, 0.717) is 5.75 Å². The number of amides is 1. The molecule has 2 aliphatic rings. The van der Waals surface area contributed by atoms with Crippen LogP contribution in [0.3, 0.4) is 0 Å². The lowest BCUT2D eigenvalue weighted by Crippen LogP contribution is -2.27. The summed E-state index contributed by atoms with van der Waals surface area (Å²) in [4.78, 5) is 13.2. The van der Waals surface area contributed by atoms with Crippen LogP contribution in [0.4, 0.5) is 5.69 Å². The number of carbonyl (C=O) groups excluding carboxylic acids is 1. The van der Waals surface area contributed by atoms with Gasteiger partial charge in [-0.15, -0.1) is 0 Å². The molecule has 5 heteroatoms. The zero-order valence-electron chi connectivity index (χ0n) is 17.0. The Bertz CT molecular complexity index is 1120. The molecule has 1 fully saturated rings. The molecule has 1 saturated carbocycles. The van der Waals surface area contributed by atoms with Crippen LogP contribution in [-0.2, 0) is 10.2 Å². The van der Waals surface area contributed by atoms with E-state index in [2.05, 4.69) is 12.2 Å². The molecule has 0 saturated heterocycles. The molecule has 5 rings (SSSR count). The number of hydrogen-bond acceptors (Lipinski definition) is 4. The monoisotopic (exact) mass is 401 g/mol. The Hall–Kier alpha value is -3.47. The van der Waals surface area contributed by atoms with Gasteiger partial charge in [0.15, 0.2) is 11.5 Å². The average Bonchev–Trinajstić information content (AvgIpc) is 3.46. The maximum absolute atomic E-state index is 13.2. The number of carbonyl (C=O) groups is 1.